The van der Waals surface area contributed by atoms with Crippen molar-refractivity contribution in [3.63, 3.8) is 0 Å². The Balaban J connectivity index is 2.05. The van der Waals surface area contributed by atoms with E-state index in [9.17, 15) is 14.9 Å². The van der Waals surface area contributed by atoms with Crippen molar-refractivity contribution in [2.45, 2.75) is 0 Å². The Morgan fingerprint density at radius 3 is 2.67 bits per heavy atom. The third-order valence-electron chi connectivity index (χ3n) is 2.92. The van der Waals surface area contributed by atoms with Gasteiger partial charge in [0.05, 0.1) is 28.8 Å². The predicted molar refractivity (Wildman–Crippen MR) is 92.9 cm³/mol. The molecule has 24 heavy (non-hydrogen) atoms. The highest BCUT2D eigenvalue weighted by atomic mass is 79.9. The molecule has 0 unspecified atom stereocenters. The van der Waals surface area contributed by atoms with Gasteiger partial charge in [-0.25, -0.2) is 0 Å². The van der Waals surface area contributed by atoms with Crippen LogP contribution in [0, 0.1) is 10.1 Å². The molecule has 1 N–H and O–H groups in total. The lowest BCUT2D eigenvalue weighted by Crippen LogP contribution is -2.20. The Hall–Kier alpha value is -2.32. The standard InChI is InChI=1S/C15H12BrClN2O5/c1-23-13-5-3-10(19(21)22)7-14(13)24-8-15(20)18-12-4-2-9(16)6-11(12)17/h2-7H,8H2,1H3,(H,18,20). The summed E-state index contributed by atoms with van der Waals surface area (Å²) in [6.07, 6.45) is 0. The van der Waals surface area contributed by atoms with Gasteiger partial charge in [-0.15, -0.1) is 0 Å². The Morgan fingerprint density at radius 1 is 1.29 bits per heavy atom. The summed E-state index contributed by atoms with van der Waals surface area (Å²) in [4.78, 5) is 22.2. The molecule has 0 aromatic heterocycles. The zero-order valence-electron chi connectivity index (χ0n) is 12.4. The third kappa shape index (κ3) is 4.59. The summed E-state index contributed by atoms with van der Waals surface area (Å²) in [5.74, 6) is -0.0772. The van der Waals surface area contributed by atoms with Gasteiger partial charge in [-0.2, -0.15) is 0 Å². The van der Waals surface area contributed by atoms with Crippen LogP contribution >= 0.6 is 27.5 Å². The van der Waals surface area contributed by atoms with E-state index in [-0.39, 0.29) is 23.8 Å². The van der Waals surface area contributed by atoms with Crippen molar-refractivity contribution in [3.05, 3.63) is 56.0 Å². The molecule has 0 saturated carbocycles. The Bertz CT molecular complexity index is 784. The third-order valence-corrected chi connectivity index (χ3v) is 3.73. The Labute approximate surface area is 150 Å². The van der Waals surface area contributed by atoms with Crippen molar-refractivity contribution >= 4 is 44.8 Å². The average molecular weight is 416 g/mol. The monoisotopic (exact) mass is 414 g/mol. The number of anilines is 1. The van der Waals surface area contributed by atoms with Gasteiger partial charge in [0.2, 0.25) is 0 Å². The highest BCUT2D eigenvalue weighted by molar-refractivity contribution is 9.10. The fourth-order valence-electron chi connectivity index (χ4n) is 1.81. The summed E-state index contributed by atoms with van der Waals surface area (Å²) in [6, 6.07) is 8.88. The summed E-state index contributed by atoms with van der Waals surface area (Å²) in [6.45, 7) is -0.357. The minimum atomic E-state index is -0.562. The number of hydrogen-bond donors (Lipinski definition) is 1. The normalized spacial score (nSPS) is 10.1. The molecular weight excluding hydrogens is 404 g/mol. The second kappa shape index (κ2) is 7.98. The second-order valence-electron chi connectivity index (χ2n) is 4.55. The molecule has 0 aliphatic carbocycles. The molecule has 1 amide bonds. The molecule has 126 valence electrons. The summed E-state index contributed by atoms with van der Waals surface area (Å²) in [5, 5.41) is 13.8. The zero-order chi connectivity index (χ0) is 17.7. The van der Waals surface area contributed by atoms with Crippen LogP contribution in [0.3, 0.4) is 0 Å². The lowest BCUT2D eigenvalue weighted by Gasteiger charge is -2.11. The number of nitro groups is 1. The van der Waals surface area contributed by atoms with E-state index >= 15 is 0 Å². The number of nitro benzene ring substituents is 1. The maximum Gasteiger partial charge on any atom is 0.273 e. The quantitative estimate of drug-likeness (QED) is 0.568. The summed E-state index contributed by atoms with van der Waals surface area (Å²) in [7, 11) is 1.40. The van der Waals surface area contributed by atoms with E-state index in [2.05, 4.69) is 21.2 Å². The smallest absolute Gasteiger partial charge is 0.273 e. The zero-order valence-corrected chi connectivity index (χ0v) is 14.8. The van der Waals surface area contributed by atoms with Gasteiger partial charge in [-0.3, -0.25) is 14.9 Å². The summed E-state index contributed by atoms with van der Waals surface area (Å²) >= 11 is 9.28. The topological polar surface area (TPSA) is 90.7 Å². The van der Waals surface area contributed by atoms with Crippen LogP contribution in [0.4, 0.5) is 11.4 Å². The molecule has 0 spiro atoms. The van der Waals surface area contributed by atoms with Crippen LogP contribution in [0.1, 0.15) is 0 Å². The van der Waals surface area contributed by atoms with Crippen LogP contribution in [-0.2, 0) is 4.79 Å². The highest BCUT2D eigenvalue weighted by Gasteiger charge is 2.14. The van der Waals surface area contributed by atoms with Crippen molar-refractivity contribution < 1.29 is 19.2 Å². The number of methoxy groups -OCH3 is 1. The molecule has 0 aliphatic heterocycles. The SMILES string of the molecule is COc1ccc([N+](=O)[O-])cc1OCC(=O)Nc1ccc(Br)cc1Cl. The van der Waals surface area contributed by atoms with Crippen molar-refractivity contribution in [2.24, 2.45) is 0 Å². The van der Waals surface area contributed by atoms with Crippen LogP contribution in [0.25, 0.3) is 0 Å². The van der Waals surface area contributed by atoms with Gasteiger partial charge in [0, 0.05) is 10.5 Å². The van der Waals surface area contributed by atoms with Gasteiger partial charge in [-0.05, 0) is 24.3 Å². The molecule has 7 nitrogen and oxygen atoms in total. The lowest BCUT2D eigenvalue weighted by molar-refractivity contribution is -0.385. The molecule has 0 heterocycles. The first kappa shape index (κ1) is 18.0. The molecule has 2 rings (SSSR count). The van der Waals surface area contributed by atoms with Gasteiger partial charge < -0.3 is 14.8 Å². The number of hydrogen-bond acceptors (Lipinski definition) is 5. The maximum atomic E-state index is 12.0. The molecule has 2 aromatic rings. The average Bonchev–Trinajstić information content (AvgIpc) is 2.55. The van der Waals surface area contributed by atoms with E-state index in [4.69, 9.17) is 21.1 Å². The Kier molecular flexibility index (Phi) is 5.99. The molecule has 9 heteroatoms. The van der Waals surface area contributed by atoms with E-state index in [1.807, 2.05) is 0 Å². The first-order valence-corrected chi connectivity index (χ1v) is 7.78. The van der Waals surface area contributed by atoms with E-state index in [1.54, 1.807) is 18.2 Å². The molecule has 2 aromatic carbocycles. The number of nitrogens with one attached hydrogen (secondary N) is 1. The first-order valence-electron chi connectivity index (χ1n) is 6.61. The van der Waals surface area contributed by atoms with Crippen molar-refractivity contribution in [1.29, 1.82) is 0 Å². The highest BCUT2D eigenvalue weighted by Crippen LogP contribution is 2.31. The van der Waals surface area contributed by atoms with Gasteiger partial charge in [0.25, 0.3) is 11.6 Å². The number of benzene rings is 2. The van der Waals surface area contributed by atoms with Crippen LogP contribution in [0.15, 0.2) is 40.9 Å². The van der Waals surface area contributed by atoms with Crippen molar-refractivity contribution in [2.75, 3.05) is 19.0 Å². The van der Waals surface area contributed by atoms with E-state index in [0.29, 0.717) is 10.7 Å². The number of rotatable bonds is 6. The van der Waals surface area contributed by atoms with Crippen LogP contribution in [0.2, 0.25) is 5.02 Å². The number of halogens is 2. The minimum absolute atomic E-state index is 0.101. The number of carbonyl (C=O) groups excluding carboxylic acids is 1. The fourth-order valence-corrected chi connectivity index (χ4v) is 2.53. The van der Waals surface area contributed by atoms with E-state index in [1.165, 1.54) is 25.3 Å². The Morgan fingerprint density at radius 2 is 2.04 bits per heavy atom. The second-order valence-corrected chi connectivity index (χ2v) is 5.88. The molecule has 0 fully saturated rings. The van der Waals surface area contributed by atoms with E-state index in [0.717, 1.165) is 4.47 Å². The van der Waals surface area contributed by atoms with Gasteiger partial charge in [0.15, 0.2) is 18.1 Å². The molecule has 0 bridgehead atoms. The summed E-state index contributed by atoms with van der Waals surface area (Å²) < 4.78 is 11.2. The number of non-ortho nitro benzene ring substituents is 1. The largest absolute Gasteiger partial charge is 0.493 e. The number of ether oxygens (including phenoxy) is 2. The first-order chi connectivity index (χ1) is 11.4. The maximum absolute atomic E-state index is 12.0. The minimum Gasteiger partial charge on any atom is -0.493 e. The van der Waals surface area contributed by atoms with Crippen molar-refractivity contribution in [1.82, 2.24) is 0 Å². The number of nitrogens with zero attached hydrogens (tertiary/aromatic N) is 1. The molecular formula is C15H12BrClN2O5. The van der Waals surface area contributed by atoms with E-state index < -0.39 is 10.8 Å². The van der Waals surface area contributed by atoms with Crippen LogP contribution < -0.4 is 14.8 Å². The van der Waals surface area contributed by atoms with Crippen LogP contribution in [-0.4, -0.2) is 24.5 Å². The molecule has 0 aliphatic rings. The van der Waals surface area contributed by atoms with Crippen molar-refractivity contribution in [3.8, 4) is 11.5 Å². The number of carbonyl (C=O) groups is 1. The van der Waals surface area contributed by atoms with Crippen LogP contribution in [0.5, 0.6) is 11.5 Å². The van der Waals surface area contributed by atoms with Gasteiger partial charge in [-0.1, -0.05) is 27.5 Å². The molecule has 0 saturated heterocycles. The fraction of sp³-hybridized carbons (Fsp3) is 0.133. The molecule has 0 radical (unpaired) electrons. The van der Waals surface area contributed by atoms with Gasteiger partial charge >= 0.3 is 0 Å². The lowest BCUT2D eigenvalue weighted by atomic mass is 10.3. The predicted octanol–water partition coefficient (Wildman–Crippen LogP) is 4.04. The summed E-state index contributed by atoms with van der Waals surface area (Å²) in [5.41, 5.74) is 0.265. The number of amides is 1. The molecule has 0 atom stereocenters. The van der Waals surface area contributed by atoms with Gasteiger partial charge in [0.1, 0.15) is 0 Å².